The highest BCUT2D eigenvalue weighted by Crippen LogP contribution is 2.35. The largest absolute Gasteiger partial charge is 0.341 e. The number of fused-ring (bicyclic) bond motifs is 1. The zero-order valence-corrected chi connectivity index (χ0v) is 15.6. The molecule has 0 bridgehead atoms. The molecule has 3 nitrogen and oxygen atoms in total. The van der Waals surface area contributed by atoms with Crippen molar-refractivity contribution in [3.05, 3.63) is 0 Å². The summed E-state index contributed by atoms with van der Waals surface area (Å²) in [6.45, 7) is 2.23. The molecule has 0 aromatic carbocycles. The minimum absolute atomic E-state index is 0. The minimum Gasteiger partial charge on any atom is -0.341 e. The molecule has 3 fully saturated rings. The fraction of sp³-hybridized carbons (Fsp3) is 0.941. The molecule has 0 aromatic heterocycles. The molecule has 0 aromatic rings. The first-order valence-corrected chi connectivity index (χ1v) is 9.88. The number of nitrogens with zero attached hydrogens (tertiary/aromatic N) is 1. The fourth-order valence-electron chi connectivity index (χ4n) is 4.59. The van der Waals surface area contributed by atoms with E-state index < -0.39 is 0 Å². The molecule has 1 saturated heterocycles. The topological polar surface area (TPSA) is 32.3 Å². The van der Waals surface area contributed by atoms with Gasteiger partial charge in [0.25, 0.3) is 0 Å². The average molecular weight is 347 g/mol. The van der Waals surface area contributed by atoms with Crippen molar-refractivity contribution in [3.8, 4) is 0 Å². The van der Waals surface area contributed by atoms with Crippen LogP contribution in [0.3, 0.4) is 0 Å². The number of thioether (sulfide) groups is 1. The van der Waals surface area contributed by atoms with Gasteiger partial charge in [-0.15, -0.1) is 12.4 Å². The number of amides is 1. The third-order valence-corrected chi connectivity index (χ3v) is 7.05. The third kappa shape index (κ3) is 3.93. The molecule has 128 valence electrons. The van der Waals surface area contributed by atoms with E-state index in [0.717, 1.165) is 17.6 Å². The molecule has 22 heavy (non-hydrogen) atoms. The predicted octanol–water partition coefficient (Wildman–Crippen LogP) is 3.46. The summed E-state index contributed by atoms with van der Waals surface area (Å²) in [4.78, 5) is 14.9. The number of halogens is 1. The zero-order valence-electron chi connectivity index (χ0n) is 13.9. The second kappa shape index (κ2) is 8.25. The van der Waals surface area contributed by atoms with Crippen molar-refractivity contribution in [2.45, 2.75) is 81.7 Å². The number of likely N-dealkylation sites (N-methyl/N-ethyl adjacent to an activating group) is 1. The van der Waals surface area contributed by atoms with Gasteiger partial charge in [0, 0.05) is 24.4 Å². The van der Waals surface area contributed by atoms with Gasteiger partial charge >= 0.3 is 0 Å². The van der Waals surface area contributed by atoms with Gasteiger partial charge in [0.1, 0.15) is 0 Å². The second-order valence-electron chi connectivity index (χ2n) is 7.10. The van der Waals surface area contributed by atoms with E-state index in [1.54, 1.807) is 0 Å². The first kappa shape index (κ1) is 18.4. The average Bonchev–Trinajstić information content (AvgIpc) is 3.12. The van der Waals surface area contributed by atoms with E-state index >= 15 is 0 Å². The summed E-state index contributed by atoms with van der Waals surface area (Å²) < 4.78 is 0. The highest BCUT2D eigenvalue weighted by atomic mass is 35.5. The molecule has 5 atom stereocenters. The van der Waals surface area contributed by atoms with E-state index in [9.17, 15) is 4.79 Å². The molecule has 3 aliphatic rings. The molecule has 1 heterocycles. The van der Waals surface area contributed by atoms with Crippen LogP contribution < -0.4 is 5.32 Å². The number of hydrogen-bond acceptors (Lipinski definition) is 3. The summed E-state index contributed by atoms with van der Waals surface area (Å²) >= 11 is 2.07. The van der Waals surface area contributed by atoms with Crippen molar-refractivity contribution in [2.24, 2.45) is 5.92 Å². The maximum absolute atomic E-state index is 12.8. The lowest BCUT2D eigenvalue weighted by molar-refractivity contribution is -0.133. The first-order chi connectivity index (χ1) is 10.2. The number of rotatable bonds is 4. The van der Waals surface area contributed by atoms with E-state index in [0.29, 0.717) is 18.0 Å². The van der Waals surface area contributed by atoms with Crippen molar-refractivity contribution in [3.63, 3.8) is 0 Å². The van der Waals surface area contributed by atoms with Crippen LogP contribution >= 0.6 is 24.2 Å². The Bertz CT molecular complexity index is 368. The van der Waals surface area contributed by atoms with Crippen LogP contribution in [0.15, 0.2) is 0 Å². The summed E-state index contributed by atoms with van der Waals surface area (Å²) in [5.41, 5.74) is 0. The number of carbonyl (C=O) groups is 1. The molecule has 3 rings (SSSR count). The van der Waals surface area contributed by atoms with Crippen LogP contribution in [-0.4, -0.2) is 47.0 Å². The van der Waals surface area contributed by atoms with Crippen molar-refractivity contribution in [1.29, 1.82) is 0 Å². The Kier molecular flexibility index (Phi) is 6.91. The Labute approximate surface area is 145 Å². The van der Waals surface area contributed by atoms with Gasteiger partial charge in [-0.1, -0.05) is 19.8 Å². The third-order valence-electron chi connectivity index (χ3n) is 5.82. The number of hydrogen-bond donors (Lipinski definition) is 1. The molecular formula is C17H31ClN2OS. The summed E-state index contributed by atoms with van der Waals surface area (Å²) in [6, 6.07) is 1.19. The van der Waals surface area contributed by atoms with Crippen molar-refractivity contribution in [2.75, 3.05) is 12.8 Å². The molecular weight excluding hydrogens is 316 g/mol. The van der Waals surface area contributed by atoms with Crippen molar-refractivity contribution in [1.82, 2.24) is 10.2 Å². The summed E-state index contributed by atoms with van der Waals surface area (Å²) in [5, 5.41) is 4.41. The molecule has 1 N–H and O–H groups in total. The van der Waals surface area contributed by atoms with Gasteiger partial charge in [-0.2, -0.15) is 11.8 Å². The van der Waals surface area contributed by atoms with Gasteiger partial charge in [0.15, 0.2) is 0 Å². The lowest BCUT2D eigenvalue weighted by atomic mass is 9.85. The van der Waals surface area contributed by atoms with E-state index in [1.165, 1.54) is 50.7 Å². The molecule has 2 aliphatic carbocycles. The minimum atomic E-state index is 0. The van der Waals surface area contributed by atoms with Crippen LogP contribution in [0.4, 0.5) is 0 Å². The molecule has 1 amide bonds. The number of carbonyl (C=O) groups excluding carboxylic acids is 1. The Morgan fingerprint density at radius 3 is 2.68 bits per heavy atom. The smallest absolute Gasteiger partial charge is 0.239 e. The maximum atomic E-state index is 12.8. The molecule has 1 aliphatic heterocycles. The zero-order chi connectivity index (χ0) is 14.8. The summed E-state index contributed by atoms with van der Waals surface area (Å²) in [7, 11) is 2.04. The van der Waals surface area contributed by atoms with Crippen LogP contribution in [0.1, 0.15) is 58.3 Å². The molecule has 2 saturated carbocycles. The second-order valence-corrected chi connectivity index (χ2v) is 8.68. The monoisotopic (exact) mass is 346 g/mol. The van der Waals surface area contributed by atoms with Crippen molar-refractivity contribution < 1.29 is 4.79 Å². The Hall–Kier alpha value is 0.0700. The normalized spacial score (nSPS) is 37.5. The van der Waals surface area contributed by atoms with Crippen LogP contribution in [0.5, 0.6) is 0 Å². The van der Waals surface area contributed by atoms with Gasteiger partial charge in [0.05, 0.1) is 6.04 Å². The highest BCUT2D eigenvalue weighted by Gasteiger charge is 2.40. The predicted molar refractivity (Wildman–Crippen MR) is 96.9 cm³/mol. The maximum Gasteiger partial charge on any atom is 0.239 e. The van der Waals surface area contributed by atoms with Crippen molar-refractivity contribution >= 4 is 30.1 Å². The van der Waals surface area contributed by atoms with Gasteiger partial charge in [-0.3, -0.25) is 4.79 Å². The van der Waals surface area contributed by atoms with Crippen LogP contribution in [0.25, 0.3) is 0 Å². The van der Waals surface area contributed by atoms with E-state index in [4.69, 9.17) is 0 Å². The molecule has 0 spiro atoms. The number of nitrogens with one attached hydrogen (secondary N) is 1. The van der Waals surface area contributed by atoms with E-state index in [2.05, 4.69) is 28.9 Å². The van der Waals surface area contributed by atoms with Gasteiger partial charge in [-0.25, -0.2) is 0 Å². The van der Waals surface area contributed by atoms with Gasteiger partial charge in [-0.05, 0) is 50.2 Å². The lowest BCUT2D eigenvalue weighted by Gasteiger charge is -2.28. The summed E-state index contributed by atoms with van der Waals surface area (Å²) in [5.74, 6) is 2.31. The van der Waals surface area contributed by atoms with Crippen LogP contribution in [-0.2, 0) is 4.79 Å². The SMILES string of the molecule is CCSC1CCC(N(C)C(=O)C2CC3CCCCC3N2)C1.Cl. The van der Waals surface area contributed by atoms with Crippen LogP contribution in [0.2, 0.25) is 0 Å². The van der Waals surface area contributed by atoms with E-state index in [-0.39, 0.29) is 18.4 Å². The molecule has 5 heteroatoms. The highest BCUT2D eigenvalue weighted by molar-refractivity contribution is 7.99. The van der Waals surface area contributed by atoms with Gasteiger partial charge < -0.3 is 10.2 Å². The Morgan fingerprint density at radius 2 is 1.95 bits per heavy atom. The Morgan fingerprint density at radius 1 is 1.18 bits per heavy atom. The quantitative estimate of drug-likeness (QED) is 0.846. The molecule has 0 radical (unpaired) electrons. The molecule has 5 unspecified atom stereocenters. The Balaban J connectivity index is 0.00000176. The standard InChI is InChI=1S/C17H30N2OS.ClH/c1-3-21-14-9-8-13(11-14)19(2)17(20)16-10-12-6-4-5-7-15(12)18-16;/h12-16,18H,3-11H2,1-2H3;1H. The van der Waals surface area contributed by atoms with E-state index in [1.807, 2.05) is 7.05 Å². The first-order valence-electron chi connectivity index (χ1n) is 8.83. The van der Waals surface area contributed by atoms with Gasteiger partial charge in [0.2, 0.25) is 5.91 Å². The van der Waals surface area contributed by atoms with Crippen LogP contribution in [0, 0.1) is 5.92 Å². The summed E-state index contributed by atoms with van der Waals surface area (Å²) in [6.07, 6.45) is 10.0. The fourth-order valence-corrected chi connectivity index (χ4v) is 5.72. The lowest BCUT2D eigenvalue weighted by Crippen LogP contribution is -2.47.